The van der Waals surface area contributed by atoms with Crippen LogP contribution in [0.4, 0.5) is 4.79 Å². The highest BCUT2D eigenvalue weighted by atomic mass is 16.4. The second kappa shape index (κ2) is 7.11. The summed E-state index contributed by atoms with van der Waals surface area (Å²) >= 11 is 0. The molecule has 0 aromatic heterocycles. The number of urea groups is 1. The van der Waals surface area contributed by atoms with Gasteiger partial charge in [0, 0.05) is 19.1 Å². The van der Waals surface area contributed by atoms with Crippen LogP contribution in [0.5, 0.6) is 0 Å². The summed E-state index contributed by atoms with van der Waals surface area (Å²) in [4.78, 5) is 27.8. The zero-order valence-corrected chi connectivity index (χ0v) is 13.0. The molecule has 0 aliphatic carbocycles. The van der Waals surface area contributed by atoms with Crippen molar-refractivity contribution in [2.75, 3.05) is 26.2 Å². The number of carboxylic acids is 1. The van der Waals surface area contributed by atoms with Crippen molar-refractivity contribution in [3.8, 4) is 0 Å². The predicted octanol–water partition coefficient (Wildman–Crippen LogP) is 1.37. The Kier molecular flexibility index (Phi) is 5.45. The minimum atomic E-state index is -0.951. The van der Waals surface area contributed by atoms with E-state index in [0.29, 0.717) is 6.04 Å². The van der Waals surface area contributed by atoms with E-state index in [1.165, 1.54) is 12.8 Å². The molecule has 21 heavy (non-hydrogen) atoms. The van der Waals surface area contributed by atoms with Gasteiger partial charge in [-0.05, 0) is 38.3 Å². The van der Waals surface area contributed by atoms with Gasteiger partial charge in [0.1, 0.15) is 6.04 Å². The third kappa shape index (κ3) is 3.87. The lowest BCUT2D eigenvalue weighted by Gasteiger charge is -2.26. The van der Waals surface area contributed by atoms with E-state index in [0.717, 1.165) is 39.0 Å². The summed E-state index contributed by atoms with van der Waals surface area (Å²) in [5.74, 6) is -1.02. The van der Waals surface area contributed by atoms with Gasteiger partial charge in [0.05, 0.1) is 0 Å². The zero-order valence-electron chi connectivity index (χ0n) is 13.0. The lowest BCUT2D eigenvalue weighted by molar-refractivity contribution is -0.140. The molecule has 3 atom stereocenters. The molecule has 2 aliphatic rings. The second-order valence-corrected chi connectivity index (χ2v) is 6.28. The molecule has 2 heterocycles. The number of nitrogens with one attached hydrogen (secondary N) is 1. The van der Waals surface area contributed by atoms with Crippen LogP contribution >= 0.6 is 0 Å². The molecule has 2 N–H and O–H groups in total. The summed E-state index contributed by atoms with van der Waals surface area (Å²) in [5.41, 5.74) is 0. The maximum absolute atomic E-state index is 12.3. The molecular formula is C15H27N3O3. The monoisotopic (exact) mass is 297 g/mol. The first-order valence-corrected chi connectivity index (χ1v) is 8.05. The van der Waals surface area contributed by atoms with Gasteiger partial charge in [0.15, 0.2) is 0 Å². The van der Waals surface area contributed by atoms with Crippen LogP contribution in [-0.2, 0) is 4.79 Å². The van der Waals surface area contributed by atoms with Gasteiger partial charge in [0.2, 0.25) is 0 Å². The lowest BCUT2D eigenvalue weighted by atomic mass is 9.99. The quantitative estimate of drug-likeness (QED) is 0.804. The fourth-order valence-corrected chi connectivity index (χ4v) is 3.24. The molecule has 0 aromatic rings. The molecule has 120 valence electrons. The number of rotatable bonds is 5. The molecule has 2 amide bonds. The standard InChI is InChI=1S/C15H27N3O3/c1-3-11(2)13(14(19)20)16-15(21)18-9-6-12(10-18)17-7-4-5-8-17/h11-13H,3-10H2,1-2H3,(H,16,21)(H,19,20)/t11-,12?,13-/m0/s1. The van der Waals surface area contributed by atoms with E-state index >= 15 is 0 Å². The topological polar surface area (TPSA) is 72.9 Å². The second-order valence-electron chi connectivity index (χ2n) is 6.28. The molecule has 0 bridgehead atoms. The Hall–Kier alpha value is -1.30. The van der Waals surface area contributed by atoms with Crippen LogP contribution in [0.15, 0.2) is 0 Å². The molecule has 0 saturated carbocycles. The van der Waals surface area contributed by atoms with Gasteiger partial charge in [-0.2, -0.15) is 0 Å². The molecule has 0 radical (unpaired) electrons. The average Bonchev–Trinajstić information content (AvgIpc) is 3.12. The molecule has 6 heteroatoms. The van der Waals surface area contributed by atoms with Crippen molar-refractivity contribution in [1.29, 1.82) is 0 Å². The highest BCUT2D eigenvalue weighted by Crippen LogP contribution is 2.20. The number of carboxylic acid groups (broad SMARTS) is 1. The van der Waals surface area contributed by atoms with Crippen molar-refractivity contribution in [1.82, 2.24) is 15.1 Å². The van der Waals surface area contributed by atoms with Crippen LogP contribution in [0.3, 0.4) is 0 Å². The van der Waals surface area contributed by atoms with E-state index < -0.39 is 12.0 Å². The number of carbonyl (C=O) groups is 2. The Labute approximate surface area is 126 Å². The highest BCUT2D eigenvalue weighted by molar-refractivity contribution is 5.83. The van der Waals surface area contributed by atoms with E-state index in [1.54, 1.807) is 4.90 Å². The molecule has 2 rings (SSSR count). The summed E-state index contributed by atoms with van der Waals surface area (Å²) in [7, 11) is 0. The predicted molar refractivity (Wildman–Crippen MR) is 80.2 cm³/mol. The summed E-state index contributed by atoms with van der Waals surface area (Å²) in [6, 6.07) is -0.581. The van der Waals surface area contributed by atoms with Crippen molar-refractivity contribution >= 4 is 12.0 Å². The normalized spacial score (nSPS) is 25.8. The van der Waals surface area contributed by atoms with Gasteiger partial charge in [-0.1, -0.05) is 20.3 Å². The first kappa shape index (κ1) is 16.1. The van der Waals surface area contributed by atoms with E-state index in [9.17, 15) is 14.7 Å². The van der Waals surface area contributed by atoms with Crippen LogP contribution in [0.25, 0.3) is 0 Å². The first-order chi connectivity index (χ1) is 10.0. The molecule has 0 spiro atoms. The van der Waals surface area contributed by atoms with Gasteiger partial charge in [-0.3, -0.25) is 4.90 Å². The van der Waals surface area contributed by atoms with Crippen LogP contribution < -0.4 is 5.32 Å². The minimum absolute atomic E-state index is 0.0663. The van der Waals surface area contributed by atoms with Crippen LogP contribution in [0.2, 0.25) is 0 Å². The Bertz CT molecular complexity index is 382. The zero-order chi connectivity index (χ0) is 15.4. The number of amides is 2. The van der Waals surface area contributed by atoms with E-state index in [2.05, 4.69) is 10.2 Å². The van der Waals surface area contributed by atoms with Crippen molar-refractivity contribution in [3.63, 3.8) is 0 Å². The fourth-order valence-electron chi connectivity index (χ4n) is 3.24. The third-order valence-corrected chi connectivity index (χ3v) is 4.87. The number of hydrogen-bond donors (Lipinski definition) is 2. The van der Waals surface area contributed by atoms with Crippen LogP contribution in [-0.4, -0.2) is 65.2 Å². The van der Waals surface area contributed by atoms with Crippen molar-refractivity contribution in [2.24, 2.45) is 5.92 Å². The highest BCUT2D eigenvalue weighted by Gasteiger charge is 2.33. The first-order valence-electron chi connectivity index (χ1n) is 8.05. The molecule has 1 unspecified atom stereocenters. The Morgan fingerprint density at radius 2 is 1.95 bits per heavy atom. The van der Waals surface area contributed by atoms with Crippen molar-refractivity contribution in [3.05, 3.63) is 0 Å². The van der Waals surface area contributed by atoms with Crippen molar-refractivity contribution in [2.45, 2.75) is 51.6 Å². The number of nitrogens with zero attached hydrogens (tertiary/aromatic N) is 2. The number of hydrogen-bond acceptors (Lipinski definition) is 3. The molecule has 2 saturated heterocycles. The maximum Gasteiger partial charge on any atom is 0.326 e. The molecule has 2 aliphatic heterocycles. The summed E-state index contributed by atoms with van der Waals surface area (Å²) in [6.45, 7) is 7.50. The lowest BCUT2D eigenvalue weighted by Crippen LogP contribution is -2.50. The van der Waals surface area contributed by atoms with Gasteiger partial charge >= 0.3 is 12.0 Å². The fraction of sp³-hybridized carbons (Fsp3) is 0.867. The Morgan fingerprint density at radius 3 is 2.52 bits per heavy atom. The molecule has 2 fully saturated rings. The minimum Gasteiger partial charge on any atom is -0.480 e. The van der Waals surface area contributed by atoms with Gasteiger partial charge < -0.3 is 15.3 Å². The number of likely N-dealkylation sites (tertiary alicyclic amines) is 2. The largest absolute Gasteiger partial charge is 0.480 e. The Morgan fingerprint density at radius 1 is 1.29 bits per heavy atom. The molecule has 0 aromatic carbocycles. The van der Waals surface area contributed by atoms with Gasteiger partial charge in [0.25, 0.3) is 0 Å². The number of aliphatic carboxylic acids is 1. The van der Waals surface area contributed by atoms with Gasteiger partial charge in [-0.15, -0.1) is 0 Å². The summed E-state index contributed by atoms with van der Waals surface area (Å²) < 4.78 is 0. The van der Waals surface area contributed by atoms with E-state index in [-0.39, 0.29) is 11.9 Å². The van der Waals surface area contributed by atoms with Crippen molar-refractivity contribution < 1.29 is 14.7 Å². The van der Waals surface area contributed by atoms with Crippen LogP contribution in [0.1, 0.15) is 39.5 Å². The smallest absolute Gasteiger partial charge is 0.326 e. The molecule has 6 nitrogen and oxygen atoms in total. The Balaban J connectivity index is 1.87. The third-order valence-electron chi connectivity index (χ3n) is 4.87. The average molecular weight is 297 g/mol. The van der Waals surface area contributed by atoms with Gasteiger partial charge in [-0.25, -0.2) is 9.59 Å². The van der Waals surface area contributed by atoms with E-state index in [4.69, 9.17) is 0 Å². The summed E-state index contributed by atoms with van der Waals surface area (Å²) in [5, 5.41) is 11.9. The number of carbonyl (C=O) groups excluding carboxylic acids is 1. The van der Waals surface area contributed by atoms with E-state index in [1.807, 2.05) is 13.8 Å². The molecular weight excluding hydrogens is 270 g/mol. The summed E-state index contributed by atoms with van der Waals surface area (Å²) in [6.07, 6.45) is 4.22. The SMILES string of the molecule is CC[C@H](C)[C@H](NC(=O)N1CCC(N2CCCC2)C1)C(=O)O. The van der Waals surface area contributed by atoms with Crippen LogP contribution in [0, 0.1) is 5.92 Å². The maximum atomic E-state index is 12.3.